The molecule has 3 nitrogen and oxygen atoms in total. The van der Waals surface area contributed by atoms with Gasteiger partial charge in [0.05, 0.1) is 7.11 Å². The van der Waals surface area contributed by atoms with E-state index in [2.05, 4.69) is 4.74 Å². The van der Waals surface area contributed by atoms with Crippen molar-refractivity contribution >= 4 is 5.97 Å². The topological polar surface area (TPSA) is 52.3 Å². The van der Waals surface area contributed by atoms with Gasteiger partial charge in [0.2, 0.25) is 0 Å². The molecule has 0 aromatic rings. The summed E-state index contributed by atoms with van der Waals surface area (Å²) in [5.41, 5.74) is 6.48. The zero-order chi connectivity index (χ0) is 8.15. The molecule has 0 aliphatic rings. The smallest absolute Gasteiger partial charge is 0.353 e. The Morgan fingerprint density at radius 3 is 2.40 bits per heavy atom. The van der Waals surface area contributed by atoms with Gasteiger partial charge in [-0.05, 0) is 18.9 Å². The minimum Gasteiger partial charge on any atom is -0.464 e. The molecule has 3 heteroatoms. The van der Waals surface area contributed by atoms with E-state index in [1.165, 1.54) is 7.11 Å². The van der Waals surface area contributed by atoms with Crippen molar-refractivity contribution in [1.82, 2.24) is 0 Å². The number of allylic oxidation sites excluding steroid dienone is 1. The van der Waals surface area contributed by atoms with Crippen LogP contribution in [0.25, 0.3) is 0 Å². The number of hydrogen-bond acceptors (Lipinski definition) is 3. The van der Waals surface area contributed by atoms with Crippen molar-refractivity contribution in [3.8, 4) is 0 Å². The highest BCUT2D eigenvalue weighted by molar-refractivity contribution is 5.87. The van der Waals surface area contributed by atoms with Crippen LogP contribution in [0.15, 0.2) is 11.3 Å². The first kappa shape index (κ1) is 9.01. The standard InChI is InChI=1S/C7H13NO2/c1-4-5(2)6(8)7(9)10-3/h4,8H2,1-3H3. The van der Waals surface area contributed by atoms with Gasteiger partial charge in [-0.3, -0.25) is 0 Å². The van der Waals surface area contributed by atoms with Crippen LogP contribution in [-0.2, 0) is 9.53 Å². The Morgan fingerprint density at radius 1 is 1.60 bits per heavy atom. The Hall–Kier alpha value is -0.990. The number of esters is 1. The van der Waals surface area contributed by atoms with Crippen molar-refractivity contribution in [1.29, 1.82) is 0 Å². The van der Waals surface area contributed by atoms with Gasteiger partial charge in [0, 0.05) is 0 Å². The fraction of sp³-hybridized carbons (Fsp3) is 0.571. The lowest BCUT2D eigenvalue weighted by molar-refractivity contribution is -0.136. The first-order valence-electron chi connectivity index (χ1n) is 3.17. The molecule has 10 heavy (non-hydrogen) atoms. The average molecular weight is 143 g/mol. The van der Waals surface area contributed by atoms with E-state index >= 15 is 0 Å². The van der Waals surface area contributed by atoms with E-state index in [1.807, 2.05) is 13.8 Å². The molecule has 0 rings (SSSR count). The summed E-state index contributed by atoms with van der Waals surface area (Å²) < 4.78 is 4.41. The van der Waals surface area contributed by atoms with Crippen LogP contribution < -0.4 is 5.73 Å². The zero-order valence-electron chi connectivity index (χ0n) is 6.60. The summed E-state index contributed by atoms with van der Waals surface area (Å²) in [6.45, 7) is 3.75. The van der Waals surface area contributed by atoms with Crippen molar-refractivity contribution in [2.45, 2.75) is 20.3 Å². The molecule has 0 amide bonds. The largest absolute Gasteiger partial charge is 0.464 e. The van der Waals surface area contributed by atoms with E-state index in [0.717, 1.165) is 12.0 Å². The van der Waals surface area contributed by atoms with E-state index in [9.17, 15) is 4.79 Å². The number of ether oxygens (including phenoxy) is 1. The van der Waals surface area contributed by atoms with Crippen molar-refractivity contribution in [2.75, 3.05) is 7.11 Å². The Morgan fingerprint density at radius 2 is 2.10 bits per heavy atom. The maximum absolute atomic E-state index is 10.7. The number of methoxy groups -OCH3 is 1. The third-order valence-corrected chi connectivity index (χ3v) is 1.40. The molecule has 0 aliphatic carbocycles. The van der Waals surface area contributed by atoms with Crippen molar-refractivity contribution in [2.24, 2.45) is 5.73 Å². The van der Waals surface area contributed by atoms with E-state index in [-0.39, 0.29) is 5.70 Å². The van der Waals surface area contributed by atoms with Crippen LogP contribution in [0.1, 0.15) is 20.3 Å². The number of hydrogen-bond donors (Lipinski definition) is 1. The van der Waals surface area contributed by atoms with Crippen molar-refractivity contribution in [3.05, 3.63) is 11.3 Å². The third kappa shape index (κ3) is 2.09. The normalized spacial score (nSPS) is 12.3. The molecule has 0 saturated carbocycles. The van der Waals surface area contributed by atoms with Gasteiger partial charge >= 0.3 is 5.97 Å². The quantitative estimate of drug-likeness (QED) is 0.459. The monoisotopic (exact) mass is 143 g/mol. The summed E-state index contributed by atoms with van der Waals surface area (Å²) in [4.78, 5) is 10.7. The van der Waals surface area contributed by atoms with E-state index in [1.54, 1.807) is 0 Å². The summed E-state index contributed by atoms with van der Waals surface area (Å²) >= 11 is 0. The molecule has 0 unspecified atom stereocenters. The number of carbonyl (C=O) groups is 1. The predicted molar refractivity (Wildman–Crippen MR) is 39.2 cm³/mol. The second kappa shape index (κ2) is 3.93. The van der Waals surface area contributed by atoms with Gasteiger partial charge in [-0.15, -0.1) is 0 Å². The Labute approximate surface area is 60.9 Å². The second-order valence-electron chi connectivity index (χ2n) is 2.04. The Kier molecular flexibility index (Phi) is 3.54. The number of nitrogens with two attached hydrogens (primary N) is 1. The molecule has 2 N–H and O–H groups in total. The zero-order valence-corrected chi connectivity index (χ0v) is 6.60. The van der Waals surface area contributed by atoms with Crippen LogP contribution in [0.5, 0.6) is 0 Å². The van der Waals surface area contributed by atoms with Gasteiger partial charge in [-0.25, -0.2) is 4.79 Å². The third-order valence-electron chi connectivity index (χ3n) is 1.40. The van der Waals surface area contributed by atoms with Crippen LogP contribution in [0.4, 0.5) is 0 Å². The van der Waals surface area contributed by atoms with E-state index in [0.29, 0.717) is 0 Å². The summed E-state index contributed by atoms with van der Waals surface area (Å²) in [6.07, 6.45) is 0.779. The molecule has 0 heterocycles. The maximum Gasteiger partial charge on any atom is 0.353 e. The number of carbonyl (C=O) groups excluding carboxylic acids is 1. The van der Waals surface area contributed by atoms with Gasteiger partial charge in [-0.1, -0.05) is 6.92 Å². The molecular weight excluding hydrogens is 130 g/mol. The molecule has 0 aromatic heterocycles. The molecule has 0 aromatic carbocycles. The second-order valence-corrected chi connectivity index (χ2v) is 2.04. The Balaban J connectivity index is 4.30. The molecule has 0 radical (unpaired) electrons. The molecule has 58 valence electrons. The van der Waals surface area contributed by atoms with E-state index in [4.69, 9.17) is 5.73 Å². The van der Waals surface area contributed by atoms with E-state index < -0.39 is 5.97 Å². The average Bonchev–Trinajstić information content (AvgIpc) is 2.00. The number of rotatable bonds is 2. The summed E-state index contributed by atoms with van der Waals surface area (Å²) in [7, 11) is 1.32. The lowest BCUT2D eigenvalue weighted by Gasteiger charge is -2.01. The minimum absolute atomic E-state index is 0.227. The molecule has 0 atom stereocenters. The van der Waals surface area contributed by atoms with Gasteiger partial charge in [0.1, 0.15) is 5.70 Å². The summed E-state index contributed by atoms with van der Waals surface area (Å²) in [5, 5.41) is 0. The molecule has 0 spiro atoms. The first-order valence-corrected chi connectivity index (χ1v) is 3.17. The van der Waals surface area contributed by atoms with Crippen LogP contribution in [0.2, 0.25) is 0 Å². The highest BCUT2D eigenvalue weighted by Crippen LogP contribution is 2.03. The molecular formula is C7H13NO2. The molecule has 0 bridgehead atoms. The van der Waals surface area contributed by atoms with Gasteiger partial charge < -0.3 is 10.5 Å². The van der Waals surface area contributed by atoms with Crippen molar-refractivity contribution < 1.29 is 9.53 Å². The predicted octanol–water partition coefficient (Wildman–Crippen LogP) is 0.802. The lowest BCUT2D eigenvalue weighted by Crippen LogP contribution is -2.14. The first-order chi connectivity index (χ1) is 4.63. The fourth-order valence-electron chi connectivity index (χ4n) is 0.475. The molecule has 0 fully saturated rings. The van der Waals surface area contributed by atoms with Gasteiger partial charge in [0.25, 0.3) is 0 Å². The van der Waals surface area contributed by atoms with Crippen LogP contribution in [0, 0.1) is 0 Å². The highest BCUT2D eigenvalue weighted by Gasteiger charge is 2.05. The highest BCUT2D eigenvalue weighted by atomic mass is 16.5. The Bertz CT molecular complexity index is 161. The summed E-state index contributed by atoms with van der Waals surface area (Å²) in [5.74, 6) is -0.445. The van der Waals surface area contributed by atoms with Gasteiger partial charge in [0.15, 0.2) is 0 Å². The van der Waals surface area contributed by atoms with Crippen LogP contribution in [-0.4, -0.2) is 13.1 Å². The SMILES string of the molecule is CCC(C)=C(N)C(=O)OC. The fourth-order valence-corrected chi connectivity index (χ4v) is 0.475. The lowest BCUT2D eigenvalue weighted by atomic mass is 10.2. The van der Waals surface area contributed by atoms with Crippen LogP contribution >= 0.6 is 0 Å². The van der Waals surface area contributed by atoms with Crippen molar-refractivity contribution in [3.63, 3.8) is 0 Å². The molecule has 0 aliphatic heterocycles. The summed E-state index contributed by atoms with van der Waals surface area (Å²) in [6, 6.07) is 0. The molecule has 0 saturated heterocycles. The van der Waals surface area contributed by atoms with Crippen LogP contribution in [0.3, 0.4) is 0 Å². The van der Waals surface area contributed by atoms with Gasteiger partial charge in [-0.2, -0.15) is 0 Å². The minimum atomic E-state index is -0.445. The maximum atomic E-state index is 10.7.